The molecule has 0 aliphatic carbocycles. The Hall–Kier alpha value is -4.36. The zero-order valence-corrected chi connectivity index (χ0v) is 18.2. The molecule has 0 aliphatic heterocycles. The van der Waals surface area contributed by atoms with E-state index in [0.717, 1.165) is 0 Å². The number of aromatic nitrogens is 1. The van der Waals surface area contributed by atoms with Crippen molar-refractivity contribution in [2.24, 2.45) is 0 Å². The van der Waals surface area contributed by atoms with Gasteiger partial charge < -0.3 is 4.57 Å². The van der Waals surface area contributed by atoms with Crippen LogP contribution in [0.15, 0.2) is 127 Å². The van der Waals surface area contributed by atoms with Crippen LogP contribution in [0.25, 0.3) is 50.8 Å². The minimum absolute atomic E-state index is 1.18. The van der Waals surface area contributed by atoms with Gasteiger partial charge in [0, 0.05) is 16.5 Å². The SMILES string of the molecule is C(=C\c1cccc(-c2ccc(-n3c4ccccc4c4ccccc43)cc2)c1)/c1ccccc1. The van der Waals surface area contributed by atoms with Crippen LogP contribution >= 0.6 is 0 Å². The van der Waals surface area contributed by atoms with Crippen molar-refractivity contribution < 1.29 is 0 Å². The van der Waals surface area contributed by atoms with Gasteiger partial charge in [-0.05, 0) is 52.6 Å². The third-order valence-electron chi connectivity index (χ3n) is 6.19. The monoisotopic (exact) mass is 421 g/mol. The topological polar surface area (TPSA) is 4.93 Å². The van der Waals surface area contributed by atoms with E-state index in [2.05, 4.69) is 138 Å². The van der Waals surface area contributed by atoms with Crippen molar-refractivity contribution in [3.05, 3.63) is 139 Å². The Bertz CT molecular complexity index is 1530. The summed E-state index contributed by atoms with van der Waals surface area (Å²) in [5, 5.41) is 2.57. The van der Waals surface area contributed by atoms with Crippen LogP contribution in [0, 0.1) is 0 Å². The highest BCUT2D eigenvalue weighted by atomic mass is 15.0. The molecule has 6 aromatic rings. The molecule has 1 aromatic heterocycles. The van der Waals surface area contributed by atoms with E-state index in [1.165, 1.54) is 49.7 Å². The molecule has 1 nitrogen and oxygen atoms in total. The molecule has 0 radical (unpaired) electrons. The maximum absolute atomic E-state index is 2.35. The summed E-state index contributed by atoms with van der Waals surface area (Å²) < 4.78 is 2.35. The first kappa shape index (κ1) is 19.3. The van der Waals surface area contributed by atoms with Crippen LogP contribution in [-0.2, 0) is 0 Å². The molecule has 0 aliphatic rings. The predicted octanol–water partition coefficient (Wildman–Crippen LogP) is 8.62. The average Bonchev–Trinajstić information content (AvgIpc) is 3.23. The van der Waals surface area contributed by atoms with Gasteiger partial charge in [-0.2, -0.15) is 0 Å². The van der Waals surface area contributed by atoms with Gasteiger partial charge in [0.05, 0.1) is 11.0 Å². The highest BCUT2D eigenvalue weighted by Gasteiger charge is 2.11. The minimum Gasteiger partial charge on any atom is -0.309 e. The molecule has 0 bridgehead atoms. The molecule has 1 heteroatoms. The maximum atomic E-state index is 2.35. The quantitative estimate of drug-likeness (QED) is 0.251. The van der Waals surface area contributed by atoms with E-state index in [4.69, 9.17) is 0 Å². The Morgan fingerprint density at radius 3 is 1.70 bits per heavy atom. The molecule has 0 N–H and O–H groups in total. The van der Waals surface area contributed by atoms with Crippen LogP contribution in [0.1, 0.15) is 11.1 Å². The Morgan fingerprint density at radius 1 is 0.424 bits per heavy atom. The Kier molecular flexibility index (Phi) is 4.86. The van der Waals surface area contributed by atoms with Crippen LogP contribution in [0.4, 0.5) is 0 Å². The van der Waals surface area contributed by atoms with E-state index < -0.39 is 0 Å². The number of hydrogen-bond acceptors (Lipinski definition) is 0. The van der Waals surface area contributed by atoms with Gasteiger partial charge in [-0.25, -0.2) is 0 Å². The second-order valence-electron chi connectivity index (χ2n) is 8.29. The molecule has 6 rings (SSSR count). The first-order valence-electron chi connectivity index (χ1n) is 11.3. The fourth-order valence-electron chi connectivity index (χ4n) is 4.58. The van der Waals surface area contributed by atoms with Crippen LogP contribution < -0.4 is 0 Å². The fourth-order valence-corrected chi connectivity index (χ4v) is 4.58. The average molecular weight is 422 g/mol. The molecular weight excluding hydrogens is 398 g/mol. The molecule has 0 saturated carbocycles. The number of benzene rings is 5. The van der Waals surface area contributed by atoms with Crippen LogP contribution in [0.3, 0.4) is 0 Å². The maximum Gasteiger partial charge on any atom is 0.0541 e. The van der Waals surface area contributed by atoms with Crippen molar-refractivity contribution in [3.63, 3.8) is 0 Å². The molecule has 0 fully saturated rings. The number of hydrogen-bond donors (Lipinski definition) is 0. The number of nitrogens with zero attached hydrogens (tertiary/aromatic N) is 1. The van der Waals surface area contributed by atoms with Gasteiger partial charge in [0.15, 0.2) is 0 Å². The Morgan fingerprint density at radius 2 is 1.00 bits per heavy atom. The van der Waals surface area contributed by atoms with E-state index in [0.29, 0.717) is 0 Å². The zero-order chi connectivity index (χ0) is 22.0. The van der Waals surface area contributed by atoms with Gasteiger partial charge in [0.2, 0.25) is 0 Å². The van der Waals surface area contributed by atoms with E-state index >= 15 is 0 Å². The van der Waals surface area contributed by atoms with E-state index in [9.17, 15) is 0 Å². The molecule has 0 atom stereocenters. The largest absolute Gasteiger partial charge is 0.309 e. The molecular formula is C32H23N. The van der Waals surface area contributed by atoms with Gasteiger partial charge in [-0.3, -0.25) is 0 Å². The minimum atomic E-state index is 1.18. The highest BCUT2D eigenvalue weighted by Crippen LogP contribution is 2.32. The smallest absolute Gasteiger partial charge is 0.0541 e. The summed E-state index contributed by atoms with van der Waals surface area (Å²) >= 11 is 0. The summed E-state index contributed by atoms with van der Waals surface area (Å²) in [5.74, 6) is 0. The van der Waals surface area contributed by atoms with Crippen molar-refractivity contribution in [1.29, 1.82) is 0 Å². The van der Waals surface area contributed by atoms with Crippen molar-refractivity contribution in [1.82, 2.24) is 4.57 Å². The fraction of sp³-hybridized carbons (Fsp3) is 0. The number of para-hydroxylation sites is 2. The van der Waals surface area contributed by atoms with Crippen molar-refractivity contribution in [2.45, 2.75) is 0 Å². The second kappa shape index (κ2) is 8.29. The van der Waals surface area contributed by atoms with Crippen molar-refractivity contribution in [2.75, 3.05) is 0 Å². The molecule has 5 aromatic carbocycles. The lowest BCUT2D eigenvalue weighted by atomic mass is 10.0. The summed E-state index contributed by atoms with van der Waals surface area (Å²) in [5.41, 5.74) is 8.49. The van der Waals surface area contributed by atoms with Crippen LogP contribution in [-0.4, -0.2) is 4.57 Å². The van der Waals surface area contributed by atoms with Crippen LogP contribution in [0.2, 0.25) is 0 Å². The van der Waals surface area contributed by atoms with Crippen molar-refractivity contribution >= 4 is 34.0 Å². The third-order valence-corrected chi connectivity index (χ3v) is 6.19. The summed E-state index contributed by atoms with van der Waals surface area (Å²) in [4.78, 5) is 0. The van der Waals surface area contributed by atoms with Gasteiger partial charge >= 0.3 is 0 Å². The molecule has 33 heavy (non-hydrogen) atoms. The summed E-state index contributed by atoms with van der Waals surface area (Å²) in [6.07, 6.45) is 4.33. The molecule has 0 saturated heterocycles. The predicted molar refractivity (Wildman–Crippen MR) is 142 cm³/mol. The first-order valence-corrected chi connectivity index (χ1v) is 11.3. The molecule has 0 amide bonds. The van der Waals surface area contributed by atoms with E-state index in [-0.39, 0.29) is 0 Å². The standard InChI is InChI=1S/C32H23N/c1-2-9-24(10-3-1)17-18-25-11-8-12-27(23-25)26-19-21-28(22-20-26)33-31-15-6-4-13-29(31)30-14-5-7-16-32(30)33/h1-23H/b18-17+. The Balaban J connectivity index is 1.36. The van der Waals surface area contributed by atoms with E-state index in [1.54, 1.807) is 0 Å². The highest BCUT2D eigenvalue weighted by molar-refractivity contribution is 6.09. The first-order chi connectivity index (χ1) is 16.4. The van der Waals surface area contributed by atoms with Gasteiger partial charge in [0.25, 0.3) is 0 Å². The van der Waals surface area contributed by atoms with Crippen molar-refractivity contribution in [3.8, 4) is 16.8 Å². The van der Waals surface area contributed by atoms with Gasteiger partial charge in [-0.15, -0.1) is 0 Å². The zero-order valence-electron chi connectivity index (χ0n) is 18.2. The molecule has 0 unspecified atom stereocenters. The summed E-state index contributed by atoms with van der Waals surface area (Å²) in [6, 6.07) is 45.3. The van der Waals surface area contributed by atoms with Crippen LogP contribution in [0.5, 0.6) is 0 Å². The summed E-state index contributed by atoms with van der Waals surface area (Å²) in [6.45, 7) is 0. The molecule has 0 spiro atoms. The normalized spacial score (nSPS) is 11.5. The summed E-state index contributed by atoms with van der Waals surface area (Å²) in [7, 11) is 0. The van der Waals surface area contributed by atoms with E-state index in [1.807, 2.05) is 6.07 Å². The Labute approximate surface area is 193 Å². The lowest BCUT2D eigenvalue weighted by Gasteiger charge is -2.10. The molecule has 156 valence electrons. The number of rotatable bonds is 4. The number of fused-ring (bicyclic) bond motifs is 3. The van der Waals surface area contributed by atoms with Gasteiger partial charge in [0.1, 0.15) is 0 Å². The third kappa shape index (κ3) is 3.64. The van der Waals surface area contributed by atoms with Gasteiger partial charge in [-0.1, -0.05) is 109 Å². The molecule has 1 heterocycles. The lowest BCUT2D eigenvalue weighted by molar-refractivity contribution is 1.18. The second-order valence-corrected chi connectivity index (χ2v) is 8.29. The lowest BCUT2D eigenvalue weighted by Crippen LogP contribution is -1.93.